The normalized spacial score (nSPS) is 24.8. The van der Waals surface area contributed by atoms with Crippen LogP contribution in [0.25, 0.3) is 0 Å². The van der Waals surface area contributed by atoms with Crippen molar-refractivity contribution in [2.24, 2.45) is 5.73 Å². The molecular weight excluding hydrogens is 168 g/mol. The van der Waals surface area contributed by atoms with Crippen molar-refractivity contribution in [3.05, 3.63) is 0 Å². The molecule has 12 heavy (non-hydrogen) atoms. The number of hydrogen-bond donors (Lipinski definition) is 2. The summed E-state index contributed by atoms with van der Waals surface area (Å²) >= 11 is 1.97. The van der Waals surface area contributed by atoms with Gasteiger partial charge in [0.05, 0.1) is 0 Å². The molecule has 72 valence electrons. The molecule has 0 aromatic heterocycles. The molecule has 1 fully saturated rings. The van der Waals surface area contributed by atoms with Crippen molar-refractivity contribution in [3.63, 3.8) is 0 Å². The zero-order chi connectivity index (χ0) is 9.03. The Bertz CT molecular complexity index is 125. The molecule has 0 saturated carbocycles. The van der Waals surface area contributed by atoms with Gasteiger partial charge in [-0.25, -0.2) is 0 Å². The van der Waals surface area contributed by atoms with Gasteiger partial charge in [0.15, 0.2) is 0 Å². The first kappa shape index (κ1) is 10.4. The van der Waals surface area contributed by atoms with E-state index in [2.05, 4.69) is 19.2 Å². The fraction of sp³-hybridized carbons (Fsp3) is 1.00. The third kappa shape index (κ3) is 4.33. The molecule has 0 aromatic rings. The van der Waals surface area contributed by atoms with Gasteiger partial charge in [0.2, 0.25) is 0 Å². The van der Waals surface area contributed by atoms with Crippen molar-refractivity contribution in [1.29, 1.82) is 0 Å². The third-order valence-electron chi connectivity index (χ3n) is 1.96. The topological polar surface area (TPSA) is 38.0 Å². The minimum atomic E-state index is -0.0106. The molecule has 0 aromatic carbocycles. The van der Waals surface area contributed by atoms with E-state index in [1.54, 1.807) is 0 Å². The summed E-state index contributed by atoms with van der Waals surface area (Å²) in [6.45, 7) is 5.38. The van der Waals surface area contributed by atoms with E-state index in [4.69, 9.17) is 5.73 Å². The predicted molar refractivity (Wildman–Crippen MR) is 56.6 cm³/mol. The van der Waals surface area contributed by atoms with E-state index in [0.717, 1.165) is 11.8 Å². The summed E-state index contributed by atoms with van der Waals surface area (Å²) in [7, 11) is 0. The Morgan fingerprint density at radius 3 is 2.83 bits per heavy atom. The Morgan fingerprint density at radius 1 is 1.58 bits per heavy atom. The van der Waals surface area contributed by atoms with Gasteiger partial charge in [0, 0.05) is 23.1 Å². The van der Waals surface area contributed by atoms with Crippen LogP contribution in [0.1, 0.15) is 26.7 Å². The van der Waals surface area contributed by atoms with Crippen molar-refractivity contribution < 1.29 is 0 Å². The van der Waals surface area contributed by atoms with Gasteiger partial charge < -0.3 is 11.1 Å². The lowest BCUT2D eigenvalue weighted by atomic mass is 10.1. The highest BCUT2D eigenvalue weighted by atomic mass is 32.2. The lowest BCUT2D eigenvalue weighted by Gasteiger charge is -2.18. The lowest BCUT2D eigenvalue weighted by molar-refractivity contribution is 0.589. The molecule has 0 spiro atoms. The Balaban J connectivity index is 2.02. The molecule has 2 nitrogen and oxygen atoms in total. The fourth-order valence-corrected chi connectivity index (χ4v) is 2.58. The van der Waals surface area contributed by atoms with Crippen molar-refractivity contribution in [2.45, 2.75) is 38.3 Å². The Kier molecular flexibility index (Phi) is 3.87. The van der Waals surface area contributed by atoms with E-state index in [1.807, 2.05) is 11.8 Å². The van der Waals surface area contributed by atoms with Crippen LogP contribution in [0.15, 0.2) is 0 Å². The number of rotatable bonds is 4. The van der Waals surface area contributed by atoms with Crippen molar-refractivity contribution in [2.75, 3.05) is 18.1 Å². The van der Waals surface area contributed by atoms with Crippen LogP contribution in [0.2, 0.25) is 0 Å². The molecule has 3 N–H and O–H groups in total. The zero-order valence-corrected chi connectivity index (χ0v) is 8.91. The Hall–Kier alpha value is 0.270. The highest BCUT2D eigenvalue weighted by Crippen LogP contribution is 2.15. The van der Waals surface area contributed by atoms with Gasteiger partial charge in [0.25, 0.3) is 0 Å². The maximum Gasteiger partial charge on any atom is 0.0188 e. The summed E-state index contributed by atoms with van der Waals surface area (Å²) in [5, 5.41) is 3.48. The maximum absolute atomic E-state index is 5.88. The molecule has 0 radical (unpaired) electrons. The molecule has 0 aliphatic carbocycles. The first-order valence-electron chi connectivity index (χ1n) is 4.68. The van der Waals surface area contributed by atoms with Gasteiger partial charge in [0.1, 0.15) is 0 Å². The molecule has 0 unspecified atom stereocenters. The van der Waals surface area contributed by atoms with E-state index in [0.29, 0.717) is 0 Å². The zero-order valence-electron chi connectivity index (χ0n) is 8.10. The van der Waals surface area contributed by atoms with Crippen LogP contribution in [-0.2, 0) is 0 Å². The smallest absolute Gasteiger partial charge is 0.0188 e. The minimum Gasteiger partial charge on any atom is -0.325 e. The monoisotopic (exact) mass is 188 g/mol. The van der Waals surface area contributed by atoms with Crippen LogP contribution in [0.4, 0.5) is 0 Å². The summed E-state index contributed by atoms with van der Waals surface area (Å²) in [6, 6.07) is 0.748. The number of nitrogens with one attached hydrogen (secondary N) is 1. The quantitative estimate of drug-likeness (QED) is 0.696. The predicted octanol–water partition coefficient (Wildman–Crippen LogP) is 1.21. The maximum atomic E-state index is 5.88. The van der Waals surface area contributed by atoms with Crippen molar-refractivity contribution >= 4 is 11.8 Å². The van der Waals surface area contributed by atoms with Gasteiger partial charge in [-0.05, 0) is 33.2 Å². The van der Waals surface area contributed by atoms with Crippen LogP contribution < -0.4 is 11.1 Å². The molecule has 1 aliphatic rings. The van der Waals surface area contributed by atoms with E-state index < -0.39 is 0 Å². The molecule has 0 bridgehead atoms. The Labute approximate surface area is 79.7 Å². The van der Waals surface area contributed by atoms with Crippen LogP contribution in [0.3, 0.4) is 0 Å². The van der Waals surface area contributed by atoms with Crippen LogP contribution >= 0.6 is 11.8 Å². The first-order chi connectivity index (χ1) is 5.58. The molecule has 3 heteroatoms. The van der Waals surface area contributed by atoms with E-state index in [9.17, 15) is 0 Å². The average Bonchev–Trinajstić information content (AvgIpc) is 2.36. The summed E-state index contributed by atoms with van der Waals surface area (Å²) in [6.07, 6.45) is 2.69. The van der Waals surface area contributed by atoms with E-state index in [-0.39, 0.29) is 5.54 Å². The minimum absolute atomic E-state index is 0.0106. The summed E-state index contributed by atoms with van der Waals surface area (Å²) < 4.78 is 0. The van der Waals surface area contributed by atoms with Crippen molar-refractivity contribution in [1.82, 2.24) is 5.32 Å². The van der Waals surface area contributed by atoms with Gasteiger partial charge in [-0.1, -0.05) is 0 Å². The standard InChI is InChI=1S/C9H20N2S/c1-9(2,10)7-12-6-8-4-3-5-11-8/h8,11H,3-7,10H2,1-2H3/t8-/m0/s1. The average molecular weight is 188 g/mol. The van der Waals surface area contributed by atoms with E-state index >= 15 is 0 Å². The Morgan fingerprint density at radius 2 is 2.33 bits per heavy atom. The summed E-state index contributed by atoms with van der Waals surface area (Å²) in [4.78, 5) is 0. The summed E-state index contributed by atoms with van der Waals surface area (Å²) in [5.74, 6) is 2.28. The second-order valence-electron chi connectivity index (χ2n) is 4.30. The largest absolute Gasteiger partial charge is 0.325 e. The number of thioether (sulfide) groups is 1. The highest BCUT2D eigenvalue weighted by Gasteiger charge is 2.16. The molecule has 1 atom stereocenters. The number of nitrogens with two attached hydrogens (primary N) is 1. The van der Waals surface area contributed by atoms with Crippen LogP contribution in [0, 0.1) is 0 Å². The SMILES string of the molecule is CC(C)(N)CSC[C@@H]1CCCN1. The van der Waals surface area contributed by atoms with Crippen LogP contribution in [-0.4, -0.2) is 29.6 Å². The summed E-state index contributed by atoms with van der Waals surface area (Å²) in [5.41, 5.74) is 5.87. The van der Waals surface area contributed by atoms with E-state index in [1.165, 1.54) is 25.1 Å². The van der Waals surface area contributed by atoms with Gasteiger partial charge in [-0.15, -0.1) is 0 Å². The number of hydrogen-bond acceptors (Lipinski definition) is 3. The van der Waals surface area contributed by atoms with Gasteiger partial charge in [-0.3, -0.25) is 0 Å². The molecule has 1 rings (SSSR count). The molecule has 1 heterocycles. The lowest BCUT2D eigenvalue weighted by Crippen LogP contribution is -2.35. The van der Waals surface area contributed by atoms with Crippen LogP contribution in [0.5, 0.6) is 0 Å². The molecule has 1 saturated heterocycles. The van der Waals surface area contributed by atoms with Crippen molar-refractivity contribution in [3.8, 4) is 0 Å². The highest BCUT2D eigenvalue weighted by molar-refractivity contribution is 7.99. The third-order valence-corrected chi connectivity index (χ3v) is 3.54. The fourth-order valence-electron chi connectivity index (χ4n) is 1.36. The molecule has 0 amide bonds. The van der Waals surface area contributed by atoms with Gasteiger partial charge in [-0.2, -0.15) is 11.8 Å². The second kappa shape index (κ2) is 4.49. The second-order valence-corrected chi connectivity index (χ2v) is 5.33. The molecular formula is C9H20N2S. The first-order valence-corrected chi connectivity index (χ1v) is 5.83. The van der Waals surface area contributed by atoms with Gasteiger partial charge >= 0.3 is 0 Å². The molecule has 1 aliphatic heterocycles.